The summed E-state index contributed by atoms with van der Waals surface area (Å²) < 4.78 is 16.1. The van der Waals surface area contributed by atoms with E-state index in [4.69, 9.17) is 4.42 Å². The van der Waals surface area contributed by atoms with Crippen LogP contribution in [0.15, 0.2) is 465 Å². The average molecular weight is 1550 g/mol. The van der Waals surface area contributed by atoms with E-state index in [2.05, 4.69) is 467 Å². The van der Waals surface area contributed by atoms with Gasteiger partial charge in [-0.25, -0.2) is 0 Å². The molecule has 0 aliphatic rings. The average Bonchev–Trinajstić information content (AvgIpc) is 0.955. The minimum absolute atomic E-state index is 0.910. The number of benzene rings is 19. The Bertz CT molecular complexity index is 7950. The third-order valence-corrected chi connectivity index (χ3v) is 29.6. The predicted molar refractivity (Wildman–Crippen MR) is 508 cm³/mol. The fourth-order valence-corrected chi connectivity index (χ4v) is 24.1. The molecule has 0 spiro atoms. The first kappa shape index (κ1) is 69.9. The third-order valence-electron chi connectivity index (χ3n) is 24.8. The number of hydrogen-bond donors (Lipinski definition) is 0. The fraction of sp³-hybridized carbons (Fsp3) is 0. The lowest BCUT2D eigenvalue weighted by Crippen LogP contribution is -2.74. The maximum absolute atomic E-state index is 6.47. The zero-order valence-electron chi connectivity index (χ0n) is 65.6. The maximum Gasteiger partial charge on any atom is 0.179 e. The highest BCUT2D eigenvalue weighted by Crippen LogP contribution is 2.44. The van der Waals surface area contributed by atoms with Gasteiger partial charge in [-0.15, -0.1) is 0 Å². The maximum atomic E-state index is 6.47. The van der Waals surface area contributed by atoms with E-state index in [-0.39, 0.29) is 0 Å². The van der Waals surface area contributed by atoms with Crippen LogP contribution in [0.3, 0.4) is 0 Å². The monoisotopic (exact) mass is 1540 g/mol. The number of nitrogens with zero attached hydrogens (tertiary/aromatic N) is 4. The van der Waals surface area contributed by atoms with Crippen LogP contribution in [0.2, 0.25) is 0 Å². The van der Waals surface area contributed by atoms with E-state index in [1.165, 1.54) is 158 Å². The topological polar surface area (TPSA) is 32.9 Å². The van der Waals surface area contributed by atoms with E-state index in [1.54, 1.807) is 0 Å². The number of furan rings is 1. The minimum atomic E-state index is -2.73. The van der Waals surface area contributed by atoms with Gasteiger partial charge in [-0.2, -0.15) is 0 Å². The lowest BCUT2D eigenvalue weighted by molar-refractivity contribution is 0.670. The van der Waals surface area contributed by atoms with Gasteiger partial charge in [0, 0.05) is 82.2 Å². The van der Waals surface area contributed by atoms with E-state index in [0.29, 0.717) is 0 Å². The molecule has 0 amide bonds. The van der Waals surface area contributed by atoms with E-state index in [1.807, 2.05) is 12.1 Å². The Morgan fingerprint density at radius 2 is 0.458 bits per heavy atom. The summed E-state index contributed by atoms with van der Waals surface area (Å²) in [7, 11) is -2.73. The summed E-state index contributed by atoms with van der Waals surface area (Å²) in [6, 6.07) is 169. The molecule has 0 saturated carbocycles. The minimum Gasteiger partial charge on any atom is -0.455 e. The van der Waals surface area contributed by atoms with Crippen molar-refractivity contribution in [2.45, 2.75) is 0 Å². The summed E-state index contributed by atoms with van der Waals surface area (Å²) >= 11 is 0. The van der Waals surface area contributed by atoms with Crippen LogP contribution in [-0.4, -0.2) is 26.3 Å². The quantitative estimate of drug-likeness (QED) is 0.0836. The molecule has 5 heterocycles. The van der Waals surface area contributed by atoms with Gasteiger partial charge >= 0.3 is 0 Å². The van der Waals surface area contributed by atoms with E-state index in [9.17, 15) is 0 Å². The molecule has 0 aliphatic heterocycles. The lowest BCUT2D eigenvalue weighted by atomic mass is 9.97. The van der Waals surface area contributed by atoms with E-state index >= 15 is 0 Å². The molecule has 19 aromatic carbocycles. The highest BCUT2D eigenvalue weighted by atomic mass is 28.3. The number of para-hydroxylation sites is 7. The lowest BCUT2D eigenvalue weighted by Gasteiger charge is -2.34. The molecule has 120 heavy (non-hydrogen) atoms. The molecule has 6 heteroatoms. The summed E-state index contributed by atoms with van der Waals surface area (Å²) in [4.78, 5) is 0. The fourth-order valence-electron chi connectivity index (χ4n) is 19.3. The van der Waals surface area contributed by atoms with Gasteiger partial charge in [0.25, 0.3) is 0 Å². The Morgan fingerprint density at radius 3 is 0.933 bits per heavy atom. The molecule has 24 aromatic rings. The van der Waals surface area contributed by atoms with Crippen LogP contribution >= 0.6 is 0 Å². The zero-order chi connectivity index (χ0) is 79.2. The first-order valence-electron chi connectivity index (χ1n) is 41.3. The van der Waals surface area contributed by atoms with Crippen molar-refractivity contribution < 1.29 is 4.42 Å². The standard InChI is InChI=1S/C60H42N2Si.C54H34N2O/c1-5-18-43(19-6-1)44-32-36-47(37-33-44)61-57-30-15-13-28-53(57)55-40-45(34-38-59(55)61)46-35-39-60-56(41-46)54-29-14-16-31-58(54)62(60)48-20-17-27-52(42-48)63(49-21-7-2-8-22-49,50-23-9-3-10-24-50)51-25-11-4-12-26-51;1-3-12-40(13-4-1)55-49-20-9-7-16-43(49)47-32-37(27-30-50(47)55)35-22-24-36(25-23-35)38-28-31-51-48(33-38)44-29-26-39(34-52(44)56(51)41-14-5-2-6-15-41)42-18-11-19-46-45-17-8-10-21-53(45)57-54(42)46/h1-42H;1-34H. The van der Waals surface area contributed by atoms with Crippen LogP contribution in [0.5, 0.6) is 0 Å². The first-order chi connectivity index (χ1) is 59.5. The summed E-state index contributed by atoms with van der Waals surface area (Å²) in [5.74, 6) is 0. The van der Waals surface area contributed by atoms with Crippen molar-refractivity contribution in [2.75, 3.05) is 0 Å². The van der Waals surface area contributed by atoms with Crippen molar-refractivity contribution in [3.05, 3.63) is 461 Å². The third kappa shape index (κ3) is 11.6. The summed E-state index contributed by atoms with van der Waals surface area (Å²) in [5, 5.41) is 17.7. The van der Waals surface area contributed by atoms with Gasteiger partial charge in [0.1, 0.15) is 11.2 Å². The predicted octanol–water partition coefficient (Wildman–Crippen LogP) is 27.4. The van der Waals surface area contributed by atoms with Gasteiger partial charge in [0.15, 0.2) is 8.07 Å². The molecular formula is C114H76N4OSi. The first-order valence-corrected chi connectivity index (χ1v) is 43.3. The Morgan fingerprint density at radius 1 is 0.158 bits per heavy atom. The van der Waals surface area contributed by atoms with Gasteiger partial charge < -0.3 is 22.7 Å². The molecule has 0 saturated heterocycles. The molecule has 0 N–H and O–H groups in total. The van der Waals surface area contributed by atoms with Gasteiger partial charge in [0.2, 0.25) is 0 Å². The van der Waals surface area contributed by atoms with Crippen molar-refractivity contribution in [2.24, 2.45) is 0 Å². The van der Waals surface area contributed by atoms with Gasteiger partial charge in [-0.05, 0) is 198 Å². The van der Waals surface area contributed by atoms with Crippen LogP contribution in [-0.2, 0) is 0 Å². The Balaban J connectivity index is 0.000000141. The second-order valence-corrected chi connectivity index (χ2v) is 35.2. The Hall–Kier alpha value is -15.6. The van der Waals surface area contributed by atoms with Crippen LogP contribution in [0.4, 0.5) is 0 Å². The van der Waals surface area contributed by atoms with Gasteiger partial charge in [0.05, 0.1) is 44.1 Å². The Labute approximate surface area is 695 Å². The van der Waals surface area contributed by atoms with Crippen molar-refractivity contribution in [3.63, 3.8) is 0 Å². The molecule has 5 aromatic heterocycles. The Kier molecular flexibility index (Phi) is 16.9. The smallest absolute Gasteiger partial charge is 0.179 e. The van der Waals surface area contributed by atoms with Crippen LogP contribution in [0, 0.1) is 0 Å². The SMILES string of the molecule is c1ccc(-c2ccc(-n3c4ccccc4c4cc(-c5ccc6c(c5)c5ccccc5n6-c5cccc([Si](c6ccccc6)(c6ccccc6)c6ccccc6)c5)ccc43)cc2)cc1.c1ccc(-n2c3ccccc3c3cc(-c4ccc(-c5ccc6c(c5)c5ccc(-c7cccc8c7oc7ccccc78)cc5n6-c5ccccc5)cc4)ccc32)cc1. The summed E-state index contributed by atoms with van der Waals surface area (Å²) in [6.07, 6.45) is 0. The van der Waals surface area contributed by atoms with Crippen molar-refractivity contribution >= 4 is 138 Å². The molecule has 0 atom stereocenters. The number of fused-ring (bicyclic) bond motifs is 15. The summed E-state index contributed by atoms with van der Waals surface area (Å²) in [6.45, 7) is 0. The van der Waals surface area contributed by atoms with Crippen LogP contribution in [0.25, 0.3) is 188 Å². The number of aromatic nitrogens is 4. The van der Waals surface area contributed by atoms with E-state index in [0.717, 1.165) is 50.1 Å². The van der Waals surface area contributed by atoms with E-state index < -0.39 is 8.07 Å². The molecule has 0 bridgehead atoms. The highest BCUT2D eigenvalue weighted by Gasteiger charge is 2.42. The second kappa shape index (κ2) is 29.0. The van der Waals surface area contributed by atoms with Crippen molar-refractivity contribution in [1.29, 1.82) is 0 Å². The molecule has 0 unspecified atom stereocenters. The molecule has 24 rings (SSSR count). The zero-order valence-corrected chi connectivity index (χ0v) is 66.6. The molecular weight excluding hydrogens is 1470 g/mol. The van der Waals surface area contributed by atoms with Gasteiger partial charge in [-0.3, -0.25) is 0 Å². The van der Waals surface area contributed by atoms with Crippen LogP contribution in [0.1, 0.15) is 0 Å². The molecule has 562 valence electrons. The molecule has 0 fully saturated rings. The second-order valence-electron chi connectivity index (χ2n) is 31.4. The molecule has 0 radical (unpaired) electrons. The summed E-state index contributed by atoms with van der Waals surface area (Å²) in [5.41, 5.74) is 27.9. The largest absolute Gasteiger partial charge is 0.455 e. The van der Waals surface area contributed by atoms with Crippen molar-refractivity contribution in [1.82, 2.24) is 18.3 Å². The molecule has 0 aliphatic carbocycles. The number of hydrogen-bond acceptors (Lipinski definition) is 1. The van der Waals surface area contributed by atoms with Gasteiger partial charge in [-0.1, -0.05) is 334 Å². The number of rotatable bonds is 13. The van der Waals surface area contributed by atoms with Crippen LogP contribution < -0.4 is 20.7 Å². The van der Waals surface area contributed by atoms with Crippen molar-refractivity contribution in [3.8, 4) is 78.4 Å². The molecule has 5 nitrogen and oxygen atoms in total. The normalized spacial score (nSPS) is 11.8. The highest BCUT2D eigenvalue weighted by molar-refractivity contribution is 7.20.